The number of benzene rings is 1. The average Bonchev–Trinajstić information content (AvgIpc) is 2.35. The number of rotatable bonds is 4. The van der Waals surface area contributed by atoms with E-state index in [1.165, 1.54) is 19.2 Å². The molecule has 19 heavy (non-hydrogen) atoms. The van der Waals surface area contributed by atoms with Gasteiger partial charge < -0.3 is 10.1 Å². The molecule has 0 aliphatic heterocycles. The van der Waals surface area contributed by atoms with E-state index in [1.54, 1.807) is 0 Å². The second-order valence-electron chi connectivity index (χ2n) is 3.73. The Balaban J connectivity index is 2.62. The molecule has 0 bridgehead atoms. The van der Waals surface area contributed by atoms with E-state index >= 15 is 0 Å². The van der Waals surface area contributed by atoms with Crippen LogP contribution in [0.2, 0.25) is 0 Å². The molecule has 0 radical (unpaired) electrons. The van der Waals surface area contributed by atoms with Crippen molar-refractivity contribution in [1.29, 1.82) is 0 Å². The third-order valence-electron chi connectivity index (χ3n) is 2.28. The molecule has 0 saturated carbocycles. The van der Waals surface area contributed by atoms with Crippen molar-refractivity contribution in [3.05, 3.63) is 35.4 Å². The van der Waals surface area contributed by atoms with Crippen molar-refractivity contribution in [1.82, 2.24) is 5.32 Å². The minimum absolute atomic E-state index is 0.220. The predicted octanol–water partition coefficient (Wildman–Crippen LogP) is 1.54. The highest BCUT2D eigenvalue weighted by Gasteiger charge is 2.30. The van der Waals surface area contributed by atoms with Gasteiger partial charge in [0, 0.05) is 0 Å². The number of alkyl halides is 3. The number of ether oxygens (including phenoxy) is 1. The Morgan fingerprint density at radius 2 is 2.00 bits per heavy atom. The quantitative estimate of drug-likeness (QED) is 0.848. The van der Waals surface area contributed by atoms with E-state index in [1.807, 2.05) is 0 Å². The summed E-state index contributed by atoms with van der Waals surface area (Å²) in [6.07, 6.45) is -4.68. The van der Waals surface area contributed by atoms with Gasteiger partial charge in [0.1, 0.15) is 6.54 Å². The van der Waals surface area contributed by atoms with Crippen LogP contribution in [0.5, 0.6) is 0 Å². The number of hydrogen-bond donors (Lipinski definition) is 1. The summed E-state index contributed by atoms with van der Waals surface area (Å²) < 4.78 is 41.6. The maximum Gasteiger partial charge on any atom is 0.416 e. The number of nitrogens with one attached hydrogen (secondary N) is 1. The summed E-state index contributed by atoms with van der Waals surface area (Å²) in [5.74, 6) is -1.18. The summed E-state index contributed by atoms with van der Waals surface area (Å²) in [6.45, 7) is -0.311. The number of hydrogen-bond acceptors (Lipinski definition) is 3. The molecule has 1 aromatic rings. The summed E-state index contributed by atoms with van der Waals surface area (Å²) in [7, 11) is 1.17. The Morgan fingerprint density at radius 1 is 1.32 bits per heavy atom. The molecule has 1 amide bonds. The number of carbonyl (C=O) groups excluding carboxylic acids is 2. The van der Waals surface area contributed by atoms with Gasteiger partial charge in [-0.2, -0.15) is 13.2 Å². The molecule has 0 aromatic heterocycles. The Labute approximate surface area is 107 Å². The first-order valence-corrected chi connectivity index (χ1v) is 5.32. The van der Waals surface area contributed by atoms with Gasteiger partial charge in [-0.15, -0.1) is 0 Å². The van der Waals surface area contributed by atoms with Crippen molar-refractivity contribution in [2.24, 2.45) is 0 Å². The van der Waals surface area contributed by atoms with Crippen molar-refractivity contribution in [2.75, 3.05) is 13.7 Å². The smallest absolute Gasteiger partial charge is 0.416 e. The lowest BCUT2D eigenvalue weighted by Gasteiger charge is -2.08. The van der Waals surface area contributed by atoms with Crippen molar-refractivity contribution < 1.29 is 27.5 Å². The van der Waals surface area contributed by atoms with Crippen LogP contribution in [-0.2, 0) is 26.9 Å². The number of amides is 1. The van der Waals surface area contributed by atoms with E-state index in [2.05, 4.69) is 10.1 Å². The first kappa shape index (κ1) is 15.0. The summed E-state index contributed by atoms with van der Waals surface area (Å²) >= 11 is 0. The van der Waals surface area contributed by atoms with E-state index in [0.717, 1.165) is 12.1 Å². The normalized spacial score (nSPS) is 10.9. The van der Waals surface area contributed by atoms with E-state index in [-0.39, 0.29) is 18.5 Å². The first-order valence-electron chi connectivity index (χ1n) is 5.32. The minimum Gasteiger partial charge on any atom is -0.468 e. The Hall–Kier alpha value is -2.05. The van der Waals surface area contributed by atoms with Gasteiger partial charge in [0.05, 0.1) is 19.1 Å². The Bertz CT molecular complexity index is 472. The highest BCUT2D eigenvalue weighted by atomic mass is 19.4. The van der Waals surface area contributed by atoms with Crippen LogP contribution in [0.3, 0.4) is 0 Å². The first-order chi connectivity index (χ1) is 8.82. The highest BCUT2D eigenvalue weighted by Crippen LogP contribution is 2.29. The van der Waals surface area contributed by atoms with Crippen molar-refractivity contribution >= 4 is 11.9 Å². The molecule has 1 N–H and O–H groups in total. The minimum atomic E-state index is -4.45. The van der Waals surface area contributed by atoms with Crippen LogP contribution in [0.25, 0.3) is 0 Å². The van der Waals surface area contributed by atoms with E-state index in [0.29, 0.717) is 0 Å². The fraction of sp³-hybridized carbons (Fsp3) is 0.333. The van der Waals surface area contributed by atoms with Gasteiger partial charge in [-0.3, -0.25) is 9.59 Å². The zero-order valence-electron chi connectivity index (χ0n) is 10.1. The van der Waals surface area contributed by atoms with E-state index in [9.17, 15) is 22.8 Å². The van der Waals surface area contributed by atoms with Gasteiger partial charge in [-0.05, 0) is 11.6 Å². The van der Waals surface area contributed by atoms with Crippen LogP contribution in [0, 0.1) is 0 Å². The maximum absolute atomic E-state index is 12.4. The van der Waals surface area contributed by atoms with Gasteiger partial charge in [0.25, 0.3) is 0 Å². The third kappa shape index (κ3) is 4.99. The number of methoxy groups -OCH3 is 1. The van der Waals surface area contributed by atoms with Crippen molar-refractivity contribution in [3.63, 3.8) is 0 Å². The van der Waals surface area contributed by atoms with Crippen LogP contribution in [0.4, 0.5) is 13.2 Å². The van der Waals surface area contributed by atoms with E-state index in [4.69, 9.17) is 0 Å². The second kappa shape index (κ2) is 6.21. The molecule has 0 aliphatic carbocycles. The Kier molecular flexibility index (Phi) is 4.91. The maximum atomic E-state index is 12.4. The molecule has 0 aliphatic rings. The molecular formula is C12H12F3NO3. The highest BCUT2D eigenvalue weighted by molar-refractivity contribution is 5.83. The zero-order chi connectivity index (χ0) is 14.5. The molecule has 0 fully saturated rings. The van der Waals surface area contributed by atoms with Gasteiger partial charge in [-0.25, -0.2) is 0 Å². The summed E-state index contributed by atoms with van der Waals surface area (Å²) in [5.41, 5.74) is -0.594. The largest absolute Gasteiger partial charge is 0.468 e. The van der Waals surface area contributed by atoms with Gasteiger partial charge in [0.15, 0.2) is 0 Å². The third-order valence-corrected chi connectivity index (χ3v) is 2.28. The van der Waals surface area contributed by atoms with Crippen LogP contribution >= 0.6 is 0 Å². The fourth-order valence-corrected chi connectivity index (χ4v) is 1.35. The Morgan fingerprint density at radius 3 is 2.58 bits per heavy atom. The van der Waals surface area contributed by atoms with Crippen molar-refractivity contribution in [2.45, 2.75) is 12.6 Å². The zero-order valence-corrected chi connectivity index (χ0v) is 10.1. The molecule has 0 saturated heterocycles. The molecular weight excluding hydrogens is 263 g/mol. The topological polar surface area (TPSA) is 55.4 Å². The molecule has 1 aromatic carbocycles. The molecule has 104 valence electrons. The lowest BCUT2D eigenvalue weighted by Crippen LogP contribution is -2.31. The van der Waals surface area contributed by atoms with Crippen LogP contribution in [-0.4, -0.2) is 25.5 Å². The SMILES string of the molecule is COC(=O)CNC(=O)Cc1cccc(C(F)(F)F)c1. The number of esters is 1. The fourth-order valence-electron chi connectivity index (χ4n) is 1.35. The summed E-state index contributed by atoms with van der Waals surface area (Å²) in [4.78, 5) is 22.2. The van der Waals surface area contributed by atoms with Crippen LogP contribution in [0.1, 0.15) is 11.1 Å². The van der Waals surface area contributed by atoms with E-state index < -0.39 is 23.6 Å². The van der Waals surface area contributed by atoms with Gasteiger partial charge >= 0.3 is 12.1 Å². The molecule has 0 heterocycles. The van der Waals surface area contributed by atoms with Crippen LogP contribution in [0.15, 0.2) is 24.3 Å². The standard InChI is InChI=1S/C12H12F3NO3/c1-19-11(18)7-16-10(17)6-8-3-2-4-9(5-8)12(13,14)15/h2-5H,6-7H2,1H3,(H,16,17). The monoisotopic (exact) mass is 275 g/mol. The summed E-state index contributed by atoms with van der Waals surface area (Å²) in [5, 5.41) is 2.25. The summed E-state index contributed by atoms with van der Waals surface area (Å²) in [6, 6.07) is 4.46. The lowest BCUT2D eigenvalue weighted by atomic mass is 10.1. The average molecular weight is 275 g/mol. The second-order valence-corrected chi connectivity index (χ2v) is 3.73. The lowest BCUT2D eigenvalue weighted by molar-refractivity contribution is -0.141. The number of carbonyl (C=O) groups is 2. The molecule has 4 nitrogen and oxygen atoms in total. The van der Waals surface area contributed by atoms with Crippen LogP contribution < -0.4 is 5.32 Å². The molecule has 1 rings (SSSR count). The number of halogens is 3. The molecule has 0 unspecified atom stereocenters. The van der Waals surface area contributed by atoms with Crippen molar-refractivity contribution in [3.8, 4) is 0 Å². The predicted molar refractivity (Wildman–Crippen MR) is 60.2 cm³/mol. The molecule has 0 atom stereocenters. The van der Waals surface area contributed by atoms with Gasteiger partial charge in [-0.1, -0.05) is 18.2 Å². The molecule has 0 spiro atoms. The molecule has 7 heteroatoms. The van der Waals surface area contributed by atoms with Gasteiger partial charge in [0.2, 0.25) is 5.91 Å².